The van der Waals surface area contributed by atoms with Crippen molar-refractivity contribution in [2.45, 2.75) is 12.5 Å². The zero-order valence-electron chi connectivity index (χ0n) is 14.2. The van der Waals surface area contributed by atoms with Crippen molar-refractivity contribution < 1.29 is 14.3 Å². The Hall–Kier alpha value is -1.96. The van der Waals surface area contributed by atoms with Crippen LogP contribution >= 0.6 is 0 Å². The normalized spacial score (nSPS) is 23.0. The molecule has 0 saturated carbocycles. The highest BCUT2D eigenvalue weighted by Crippen LogP contribution is 2.22. The number of nitrogens with one attached hydrogen (secondary N) is 2. The molecule has 2 fully saturated rings. The minimum absolute atomic E-state index is 0.130. The first-order valence-electron chi connectivity index (χ1n) is 8.94. The molecule has 0 unspecified atom stereocenters. The van der Waals surface area contributed by atoms with Crippen molar-refractivity contribution in [3.63, 3.8) is 0 Å². The molecule has 2 saturated heterocycles. The summed E-state index contributed by atoms with van der Waals surface area (Å²) < 4.78 is 11.0. The maximum absolute atomic E-state index is 12.7. The number of aromatic nitrogens is 2. The van der Waals surface area contributed by atoms with Gasteiger partial charge in [-0.05, 0) is 12.5 Å². The van der Waals surface area contributed by atoms with Crippen LogP contribution in [0.3, 0.4) is 0 Å². The molecular formula is C18H24N4O3. The van der Waals surface area contributed by atoms with Gasteiger partial charge < -0.3 is 14.8 Å². The second-order valence-corrected chi connectivity index (χ2v) is 6.67. The summed E-state index contributed by atoms with van der Waals surface area (Å²) in [6.45, 7) is 5.50. The third-order valence-corrected chi connectivity index (χ3v) is 5.18. The Bertz CT molecular complexity index is 720. The lowest BCUT2D eigenvalue weighted by molar-refractivity contribution is 0.00165. The topological polar surface area (TPSA) is 79.5 Å². The summed E-state index contributed by atoms with van der Waals surface area (Å²) in [5.74, 6) is 0.323. The standard InChI is InChI=1S/C18H24N4O3/c23-18(17-14-3-1-2-4-15(14)20-21-17)19-11-16(13-5-8-25-12-13)22-6-9-24-10-7-22/h1-4,13,16H,5-12H2,(H,19,23)(H,20,21)/t13-,16-/m0/s1. The Kier molecular flexibility index (Phi) is 4.96. The van der Waals surface area contributed by atoms with Gasteiger partial charge in [-0.1, -0.05) is 18.2 Å². The molecular weight excluding hydrogens is 320 g/mol. The zero-order chi connectivity index (χ0) is 17.1. The van der Waals surface area contributed by atoms with Crippen molar-refractivity contribution in [1.82, 2.24) is 20.4 Å². The van der Waals surface area contributed by atoms with E-state index in [-0.39, 0.29) is 11.9 Å². The van der Waals surface area contributed by atoms with Gasteiger partial charge in [0, 0.05) is 43.6 Å². The number of aromatic amines is 1. The van der Waals surface area contributed by atoms with E-state index in [1.54, 1.807) is 0 Å². The van der Waals surface area contributed by atoms with Gasteiger partial charge in [0.1, 0.15) is 0 Å². The number of amides is 1. The number of morpholine rings is 1. The second kappa shape index (κ2) is 7.51. The lowest BCUT2D eigenvalue weighted by atomic mass is 9.96. The summed E-state index contributed by atoms with van der Waals surface area (Å²) in [7, 11) is 0. The molecule has 2 aliphatic heterocycles. The van der Waals surface area contributed by atoms with Gasteiger partial charge in [-0.2, -0.15) is 5.10 Å². The molecule has 0 spiro atoms. The highest BCUT2D eigenvalue weighted by molar-refractivity contribution is 6.04. The van der Waals surface area contributed by atoms with Crippen molar-refractivity contribution in [2.24, 2.45) is 5.92 Å². The van der Waals surface area contributed by atoms with Crippen LogP contribution in [0.25, 0.3) is 10.9 Å². The minimum atomic E-state index is -0.130. The third kappa shape index (κ3) is 3.53. The maximum atomic E-state index is 12.7. The molecule has 7 nitrogen and oxygen atoms in total. The van der Waals surface area contributed by atoms with Gasteiger partial charge in [0.15, 0.2) is 5.69 Å². The average molecular weight is 344 g/mol. The summed E-state index contributed by atoms with van der Waals surface area (Å²) in [5.41, 5.74) is 1.33. The Morgan fingerprint density at radius 1 is 1.28 bits per heavy atom. The number of nitrogens with zero attached hydrogens (tertiary/aromatic N) is 2. The maximum Gasteiger partial charge on any atom is 0.272 e. The summed E-state index contributed by atoms with van der Waals surface area (Å²) in [6, 6.07) is 7.96. The minimum Gasteiger partial charge on any atom is -0.381 e. The van der Waals surface area contributed by atoms with Crippen LogP contribution in [0.2, 0.25) is 0 Å². The number of ether oxygens (including phenoxy) is 2. The molecule has 1 aromatic heterocycles. The monoisotopic (exact) mass is 344 g/mol. The molecule has 0 aliphatic carbocycles. The van der Waals surface area contributed by atoms with E-state index in [0.717, 1.165) is 56.8 Å². The van der Waals surface area contributed by atoms with Crippen molar-refractivity contribution in [1.29, 1.82) is 0 Å². The summed E-state index contributed by atoms with van der Waals surface area (Å²) in [4.78, 5) is 15.1. The summed E-state index contributed by atoms with van der Waals surface area (Å²) in [5, 5.41) is 11.1. The van der Waals surface area contributed by atoms with Gasteiger partial charge in [0.2, 0.25) is 0 Å². The number of fused-ring (bicyclic) bond motifs is 1. The number of hydrogen-bond acceptors (Lipinski definition) is 5. The van der Waals surface area contributed by atoms with E-state index in [1.165, 1.54) is 0 Å². The predicted octanol–water partition coefficient (Wildman–Crippen LogP) is 1.03. The van der Waals surface area contributed by atoms with Crippen molar-refractivity contribution in [2.75, 3.05) is 46.1 Å². The van der Waals surface area contributed by atoms with Gasteiger partial charge in [-0.15, -0.1) is 0 Å². The molecule has 2 aromatic rings. The number of carbonyl (C=O) groups excluding carboxylic acids is 1. The van der Waals surface area contributed by atoms with E-state index >= 15 is 0 Å². The summed E-state index contributed by atoms with van der Waals surface area (Å²) in [6.07, 6.45) is 1.04. The molecule has 0 bridgehead atoms. The molecule has 0 radical (unpaired) electrons. The molecule has 25 heavy (non-hydrogen) atoms. The number of para-hydroxylation sites is 1. The van der Waals surface area contributed by atoms with Crippen LogP contribution in [0.15, 0.2) is 24.3 Å². The van der Waals surface area contributed by atoms with Gasteiger partial charge in [-0.25, -0.2) is 0 Å². The van der Waals surface area contributed by atoms with E-state index in [1.807, 2.05) is 24.3 Å². The predicted molar refractivity (Wildman–Crippen MR) is 93.5 cm³/mol. The fourth-order valence-electron chi connectivity index (χ4n) is 3.78. The SMILES string of the molecule is O=C(NC[C@@H]([C@H]1CCOC1)N1CCOCC1)c1n[nH]c2ccccc12. The molecule has 3 heterocycles. The Balaban J connectivity index is 1.45. The second-order valence-electron chi connectivity index (χ2n) is 6.67. The Labute approximate surface area is 146 Å². The largest absolute Gasteiger partial charge is 0.381 e. The average Bonchev–Trinajstić information content (AvgIpc) is 3.32. The lowest BCUT2D eigenvalue weighted by Gasteiger charge is -2.37. The van der Waals surface area contributed by atoms with Crippen LogP contribution in [0, 0.1) is 5.92 Å². The van der Waals surface area contributed by atoms with Gasteiger partial charge in [0.25, 0.3) is 5.91 Å². The highest BCUT2D eigenvalue weighted by atomic mass is 16.5. The van der Waals surface area contributed by atoms with Gasteiger partial charge >= 0.3 is 0 Å². The van der Waals surface area contributed by atoms with E-state index in [4.69, 9.17) is 9.47 Å². The van der Waals surface area contributed by atoms with Crippen molar-refractivity contribution >= 4 is 16.8 Å². The van der Waals surface area contributed by atoms with E-state index in [0.29, 0.717) is 18.2 Å². The quantitative estimate of drug-likeness (QED) is 0.847. The van der Waals surface area contributed by atoms with E-state index in [2.05, 4.69) is 20.4 Å². The number of hydrogen-bond donors (Lipinski definition) is 2. The fourth-order valence-corrected chi connectivity index (χ4v) is 3.78. The van der Waals surface area contributed by atoms with Crippen LogP contribution in [0.5, 0.6) is 0 Å². The fraction of sp³-hybridized carbons (Fsp3) is 0.556. The molecule has 2 N–H and O–H groups in total. The van der Waals surface area contributed by atoms with Gasteiger partial charge in [-0.3, -0.25) is 14.8 Å². The van der Waals surface area contributed by atoms with E-state index in [9.17, 15) is 4.79 Å². The molecule has 2 aliphatic rings. The number of carbonyl (C=O) groups is 1. The Morgan fingerprint density at radius 3 is 2.92 bits per heavy atom. The highest BCUT2D eigenvalue weighted by Gasteiger charge is 2.32. The zero-order valence-corrected chi connectivity index (χ0v) is 14.2. The van der Waals surface area contributed by atoms with Crippen molar-refractivity contribution in [3.8, 4) is 0 Å². The number of rotatable bonds is 5. The lowest BCUT2D eigenvalue weighted by Crippen LogP contribution is -2.52. The first-order valence-corrected chi connectivity index (χ1v) is 8.94. The van der Waals surface area contributed by atoms with Crippen molar-refractivity contribution in [3.05, 3.63) is 30.0 Å². The Morgan fingerprint density at radius 2 is 2.12 bits per heavy atom. The first kappa shape index (κ1) is 16.5. The first-order chi connectivity index (χ1) is 12.3. The van der Waals surface area contributed by atoms with Gasteiger partial charge in [0.05, 0.1) is 25.3 Å². The molecule has 4 rings (SSSR count). The molecule has 1 aromatic carbocycles. The molecule has 1 amide bonds. The molecule has 7 heteroatoms. The summed E-state index contributed by atoms with van der Waals surface area (Å²) >= 11 is 0. The molecule has 2 atom stereocenters. The van der Waals surface area contributed by atoms with Crippen LogP contribution in [-0.4, -0.2) is 73.1 Å². The third-order valence-electron chi connectivity index (χ3n) is 5.18. The van der Waals surface area contributed by atoms with Crippen LogP contribution in [0.4, 0.5) is 0 Å². The number of benzene rings is 1. The van der Waals surface area contributed by atoms with Crippen LogP contribution in [-0.2, 0) is 9.47 Å². The molecule has 134 valence electrons. The number of H-pyrrole nitrogens is 1. The smallest absolute Gasteiger partial charge is 0.272 e. The van der Waals surface area contributed by atoms with Crippen LogP contribution < -0.4 is 5.32 Å². The van der Waals surface area contributed by atoms with E-state index < -0.39 is 0 Å². The van der Waals surface area contributed by atoms with Crippen LogP contribution in [0.1, 0.15) is 16.9 Å².